The molecule has 8 heteroatoms. The Morgan fingerprint density at radius 3 is 2.55 bits per heavy atom. The van der Waals surface area contributed by atoms with E-state index in [-0.39, 0.29) is 46.7 Å². The maximum absolute atomic E-state index is 12.5. The fraction of sp³-hybridized carbons (Fsp3) is 0.920. The number of carbonyl (C=O) groups excluding carboxylic acids is 1. The number of carbonyl (C=O) groups is 1. The number of aliphatic hydroxyl groups is 2. The number of oxime groups is 1. The number of amides is 1. The summed E-state index contributed by atoms with van der Waals surface area (Å²) in [7, 11) is 3.28. The first-order valence-electron chi connectivity index (χ1n) is 12.5. The van der Waals surface area contributed by atoms with Gasteiger partial charge in [-0.15, -0.1) is 0 Å². The molecule has 0 aromatic carbocycles. The van der Waals surface area contributed by atoms with Crippen LogP contribution in [0, 0.1) is 40.4 Å². The summed E-state index contributed by atoms with van der Waals surface area (Å²) in [4.78, 5) is 17.8. The molecule has 11 atom stereocenters. The van der Waals surface area contributed by atoms with Gasteiger partial charge in [0.15, 0.2) is 0 Å². The molecule has 8 nitrogen and oxygen atoms in total. The van der Waals surface area contributed by atoms with Gasteiger partial charge in [-0.25, -0.2) is 0 Å². The maximum atomic E-state index is 12.5. The SMILES string of the molecule is CON=C1C(OC)CC23OC4C(CC2(C)C(C)CCC3C1(C)C)C(O)CC1C(=O)NC(O)C14. The van der Waals surface area contributed by atoms with Gasteiger partial charge < -0.3 is 29.8 Å². The van der Waals surface area contributed by atoms with Crippen molar-refractivity contribution in [2.45, 2.75) is 89.9 Å². The second kappa shape index (κ2) is 7.64. The van der Waals surface area contributed by atoms with Gasteiger partial charge >= 0.3 is 0 Å². The normalized spacial score (nSPS) is 54.0. The summed E-state index contributed by atoms with van der Waals surface area (Å²) >= 11 is 0. The number of methoxy groups -OCH3 is 1. The van der Waals surface area contributed by atoms with E-state index in [0.29, 0.717) is 18.8 Å². The lowest BCUT2D eigenvalue weighted by Crippen LogP contribution is -2.74. The van der Waals surface area contributed by atoms with Gasteiger partial charge in [0.1, 0.15) is 19.4 Å². The number of hydrogen-bond donors (Lipinski definition) is 3. The quantitative estimate of drug-likeness (QED) is 0.540. The molecule has 0 bridgehead atoms. The summed E-state index contributed by atoms with van der Waals surface area (Å²) < 4.78 is 13.3. The number of nitrogens with one attached hydrogen (secondary N) is 1. The van der Waals surface area contributed by atoms with Crippen molar-refractivity contribution in [1.82, 2.24) is 5.32 Å². The molecule has 0 aromatic rings. The first kappa shape index (κ1) is 23.5. The van der Waals surface area contributed by atoms with Crippen molar-refractivity contribution < 1.29 is 29.3 Å². The molecule has 1 spiro atoms. The van der Waals surface area contributed by atoms with Crippen LogP contribution in [0.15, 0.2) is 5.16 Å². The molecule has 33 heavy (non-hydrogen) atoms. The van der Waals surface area contributed by atoms with Gasteiger partial charge in [0.25, 0.3) is 0 Å². The number of ether oxygens (including phenoxy) is 2. The average molecular weight is 465 g/mol. The zero-order valence-electron chi connectivity index (χ0n) is 20.7. The fourth-order valence-corrected chi connectivity index (χ4v) is 8.68. The monoisotopic (exact) mass is 464 g/mol. The van der Waals surface area contributed by atoms with Crippen molar-refractivity contribution in [3.63, 3.8) is 0 Å². The molecule has 3 N–H and O–H groups in total. The highest BCUT2D eigenvalue weighted by molar-refractivity contribution is 5.94. The van der Waals surface area contributed by atoms with E-state index in [1.807, 2.05) is 0 Å². The average Bonchev–Trinajstić information content (AvgIpc) is 3.03. The minimum atomic E-state index is -0.942. The van der Waals surface area contributed by atoms with Crippen molar-refractivity contribution in [1.29, 1.82) is 0 Å². The third kappa shape index (κ3) is 2.96. The van der Waals surface area contributed by atoms with Gasteiger partial charge in [-0.2, -0.15) is 0 Å². The lowest BCUT2D eigenvalue weighted by molar-refractivity contribution is -0.329. The topological polar surface area (TPSA) is 110 Å². The van der Waals surface area contributed by atoms with E-state index < -0.39 is 23.9 Å². The Hall–Kier alpha value is -1.22. The standard InChI is InChI=1S/C25H40N2O6/c1-12-7-8-17-23(2,3)20(27-32-6)16(31-5)11-25(17)24(12,4)10-14-15(28)9-13-18(19(14)33-25)22(30)26-21(13)29/h12-19,22,28,30H,7-11H2,1-6H3,(H,26,29). The Kier molecular flexibility index (Phi) is 5.44. The van der Waals surface area contributed by atoms with Crippen LogP contribution in [0.3, 0.4) is 0 Å². The predicted octanol–water partition coefficient (Wildman–Crippen LogP) is 2.08. The summed E-state index contributed by atoms with van der Waals surface area (Å²) in [6.07, 6.45) is 1.72. The Morgan fingerprint density at radius 2 is 1.88 bits per heavy atom. The summed E-state index contributed by atoms with van der Waals surface area (Å²) in [5, 5.41) is 29.1. The number of hydrogen-bond acceptors (Lipinski definition) is 7. The van der Waals surface area contributed by atoms with Crippen molar-refractivity contribution in [3.8, 4) is 0 Å². The third-order valence-electron chi connectivity index (χ3n) is 10.6. The predicted molar refractivity (Wildman–Crippen MR) is 121 cm³/mol. The zero-order chi connectivity index (χ0) is 23.9. The summed E-state index contributed by atoms with van der Waals surface area (Å²) in [6.45, 7) is 9.06. The molecule has 2 saturated heterocycles. The second-order valence-electron chi connectivity index (χ2n) is 12.0. The van der Waals surface area contributed by atoms with Crippen molar-refractivity contribution >= 4 is 11.6 Å². The van der Waals surface area contributed by atoms with E-state index >= 15 is 0 Å². The Morgan fingerprint density at radius 1 is 1.15 bits per heavy atom. The van der Waals surface area contributed by atoms with Crippen LogP contribution in [0.25, 0.3) is 0 Å². The number of aliphatic hydroxyl groups excluding tert-OH is 2. The highest BCUT2D eigenvalue weighted by Crippen LogP contribution is 2.68. The van der Waals surface area contributed by atoms with Crippen LogP contribution in [0.5, 0.6) is 0 Å². The van der Waals surface area contributed by atoms with E-state index in [4.69, 9.17) is 14.3 Å². The third-order valence-corrected chi connectivity index (χ3v) is 10.6. The summed E-state index contributed by atoms with van der Waals surface area (Å²) in [5.41, 5.74) is -0.114. The van der Waals surface area contributed by atoms with E-state index in [1.165, 1.54) is 0 Å². The van der Waals surface area contributed by atoms with Crippen LogP contribution in [0.1, 0.15) is 59.8 Å². The highest BCUT2D eigenvalue weighted by Gasteiger charge is 2.72. The molecule has 186 valence electrons. The first-order chi connectivity index (χ1) is 15.5. The van der Waals surface area contributed by atoms with Gasteiger partial charge in [-0.05, 0) is 37.5 Å². The van der Waals surface area contributed by atoms with Gasteiger partial charge in [-0.1, -0.05) is 32.9 Å². The largest absolute Gasteiger partial charge is 0.399 e. The van der Waals surface area contributed by atoms with Crippen LogP contribution >= 0.6 is 0 Å². The first-order valence-corrected chi connectivity index (χ1v) is 12.5. The molecule has 5 aliphatic rings. The number of fused-ring (bicyclic) bond motifs is 3. The molecule has 5 rings (SSSR count). The van der Waals surface area contributed by atoms with Crippen LogP contribution in [-0.2, 0) is 19.1 Å². The van der Waals surface area contributed by atoms with Crippen LogP contribution in [0.2, 0.25) is 0 Å². The molecule has 2 heterocycles. The molecule has 11 unspecified atom stereocenters. The molecule has 0 aromatic heterocycles. The minimum absolute atomic E-state index is 0.108. The van der Waals surface area contributed by atoms with Crippen LogP contribution < -0.4 is 5.32 Å². The molecule has 5 fully saturated rings. The lowest BCUT2D eigenvalue weighted by Gasteiger charge is -2.70. The Bertz CT molecular complexity index is 847. The summed E-state index contributed by atoms with van der Waals surface area (Å²) in [5.74, 6) is -0.475. The highest BCUT2D eigenvalue weighted by atomic mass is 16.6. The molecule has 2 aliphatic heterocycles. The van der Waals surface area contributed by atoms with Crippen molar-refractivity contribution in [2.24, 2.45) is 45.6 Å². The van der Waals surface area contributed by atoms with Gasteiger partial charge in [-0.3, -0.25) is 4.79 Å². The van der Waals surface area contributed by atoms with Crippen molar-refractivity contribution in [3.05, 3.63) is 0 Å². The van der Waals surface area contributed by atoms with Gasteiger partial charge in [0.05, 0.1) is 29.4 Å². The molecular weight excluding hydrogens is 424 g/mol. The van der Waals surface area contributed by atoms with E-state index in [9.17, 15) is 15.0 Å². The number of nitrogens with zero attached hydrogens (tertiary/aromatic N) is 1. The summed E-state index contributed by atoms with van der Waals surface area (Å²) in [6, 6.07) is 0. The van der Waals surface area contributed by atoms with Gasteiger partial charge in [0.2, 0.25) is 5.91 Å². The van der Waals surface area contributed by atoms with Crippen LogP contribution in [-0.4, -0.2) is 66.2 Å². The van der Waals surface area contributed by atoms with E-state index in [1.54, 1.807) is 14.2 Å². The molecule has 3 aliphatic carbocycles. The molecular formula is C25H40N2O6. The van der Waals surface area contributed by atoms with E-state index in [0.717, 1.165) is 25.0 Å². The lowest BCUT2D eigenvalue weighted by atomic mass is 9.42. The molecule has 1 amide bonds. The molecule has 3 saturated carbocycles. The molecule has 0 radical (unpaired) electrons. The Labute approximate surface area is 196 Å². The maximum Gasteiger partial charge on any atom is 0.225 e. The zero-order valence-corrected chi connectivity index (χ0v) is 20.7. The van der Waals surface area contributed by atoms with E-state index in [2.05, 4.69) is 38.2 Å². The second-order valence-corrected chi connectivity index (χ2v) is 12.0. The minimum Gasteiger partial charge on any atom is -0.399 e. The van der Waals surface area contributed by atoms with Crippen molar-refractivity contribution in [2.75, 3.05) is 14.2 Å². The smallest absolute Gasteiger partial charge is 0.225 e. The van der Waals surface area contributed by atoms with Crippen LogP contribution in [0.4, 0.5) is 0 Å². The number of rotatable bonds is 2. The van der Waals surface area contributed by atoms with Gasteiger partial charge in [0, 0.05) is 36.2 Å². The fourth-order valence-electron chi connectivity index (χ4n) is 8.68. The Balaban J connectivity index is 1.64.